The van der Waals surface area contributed by atoms with E-state index < -0.39 is 11.4 Å². The highest BCUT2D eigenvalue weighted by atomic mass is 16.6. The zero-order valence-electron chi connectivity index (χ0n) is 23.7. The molecule has 0 atom stereocenters. The summed E-state index contributed by atoms with van der Waals surface area (Å²) in [6.45, 7) is 2.11. The molecule has 0 aliphatic carbocycles. The van der Waals surface area contributed by atoms with Crippen molar-refractivity contribution in [3.63, 3.8) is 0 Å². The lowest BCUT2D eigenvalue weighted by atomic mass is 10.1. The molecule has 0 saturated carbocycles. The van der Waals surface area contributed by atoms with Crippen molar-refractivity contribution in [3.05, 3.63) is 112 Å². The van der Waals surface area contributed by atoms with Crippen LogP contribution < -0.4 is 24.4 Å². The lowest BCUT2D eigenvalue weighted by Gasteiger charge is -2.16. The van der Waals surface area contributed by atoms with Crippen LogP contribution in [-0.4, -0.2) is 31.4 Å². The largest absolute Gasteiger partial charge is 0.507 e. The first-order valence-corrected chi connectivity index (χ1v) is 13.6. The molecular formula is C34H30O9. The summed E-state index contributed by atoms with van der Waals surface area (Å²) in [5.74, 6) is 0.0994. The first-order valence-electron chi connectivity index (χ1n) is 13.6. The molecule has 9 nitrogen and oxygen atoms in total. The van der Waals surface area contributed by atoms with E-state index in [-0.39, 0.29) is 53.8 Å². The molecular weight excluding hydrogens is 552 g/mol. The van der Waals surface area contributed by atoms with Crippen LogP contribution in [0.25, 0.3) is 22.3 Å². The molecule has 9 heteroatoms. The van der Waals surface area contributed by atoms with E-state index in [1.54, 1.807) is 25.1 Å². The van der Waals surface area contributed by atoms with Crippen LogP contribution in [0.4, 0.5) is 0 Å². The van der Waals surface area contributed by atoms with E-state index in [2.05, 4.69) is 0 Å². The van der Waals surface area contributed by atoms with Gasteiger partial charge in [0.25, 0.3) is 0 Å². The van der Waals surface area contributed by atoms with Crippen LogP contribution in [0.1, 0.15) is 18.1 Å². The van der Waals surface area contributed by atoms with Crippen molar-refractivity contribution in [2.45, 2.75) is 20.1 Å². The van der Waals surface area contributed by atoms with E-state index in [1.807, 2.05) is 60.7 Å². The van der Waals surface area contributed by atoms with E-state index in [4.69, 9.17) is 28.1 Å². The van der Waals surface area contributed by atoms with Crippen LogP contribution in [0.5, 0.6) is 28.7 Å². The van der Waals surface area contributed by atoms with Crippen molar-refractivity contribution in [2.75, 3.05) is 20.3 Å². The van der Waals surface area contributed by atoms with E-state index >= 15 is 0 Å². The first-order chi connectivity index (χ1) is 21.0. The average molecular weight is 583 g/mol. The molecule has 0 aliphatic heterocycles. The molecule has 1 heterocycles. The third-order valence-corrected chi connectivity index (χ3v) is 6.45. The topological polar surface area (TPSA) is 114 Å². The predicted octanol–water partition coefficient (Wildman–Crippen LogP) is 6.27. The van der Waals surface area contributed by atoms with Crippen molar-refractivity contribution < 1.29 is 38.0 Å². The van der Waals surface area contributed by atoms with Crippen molar-refractivity contribution in [3.8, 4) is 40.1 Å². The number of carbonyl (C=O) groups excluding carboxylic acids is 1. The molecule has 1 N–H and O–H groups in total. The molecule has 5 rings (SSSR count). The van der Waals surface area contributed by atoms with Gasteiger partial charge in [-0.3, -0.25) is 4.79 Å². The van der Waals surface area contributed by atoms with Crippen LogP contribution in [0.2, 0.25) is 0 Å². The van der Waals surface area contributed by atoms with Gasteiger partial charge in [0.05, 0.1) is 13.7 Å². The zero-order chi connectivity index (χ0) is 30.2. The maximum atomic E-state index is 13.4. The van der Waals surface area contributed by atoms with Gasteiger partial charge in [-0.25, -0.2) is 4.79 Å². The fourth-order valence-corrected chi connectivity index (χ4v) is 4.41. The van der Waals surface area contributed by atoms with Crippen molar-refractivity contribution in [2.24, 2.45) is 0 Å². The smallest absolute Gasteiger partial charge is 0.344 e. The van der Waals surface area contributed by atoms with Crippen LogP contribution in [0.15, 0.2) is 100 Å². The minimum absolute atomic E-state index is 0.0378. The summed E-state index contributed by atoms with van der Waals surface area (Å²) >= 11 is 0. The third-order valence-electron chi connectivity index (χ3n) is 6.45. The van der Waals surface area contributed by atoms with E-state index in [1.165, 1.54) is 19.2 Å². The number of fused-ring (bicyclic) bond motifs is 1. The molecule has 0 bridgehead atoms. The molecule has 0 unspecified atom stereocenters. The number of phenols is 1. The quantitative estimate of drug-likeness (QED) is 0.170. The van der Waals surface area contributed by atoms with Gasteiger partial charge in [-0.15, -0.1) is 0 Å². The SMILES string of the molecule is CCOC(=O)COc1cc(O)c2c(=O)c(OC)c(-c3ccc(OCc4ccccc4)c(OCc4ccccc4)c3)oc2c1. The number of hydrogen-bond donors (Lipinski definition) is 1. The van der Waals surface area contributed by atoms with E-state index in [9.17, 15) is 14.7 Å². The standard InChI is InChI=1S/C34H30O9/c1-3-39-30(36)21-40-25-17-26(35)31-29(18-25)43-33(34(38-2)32(31)37)24-14-15-27(41-19-22-10-6-4-7-11-22)28(16-24)42-20-23-12-8-5-9-13-23/h4-18,35H,3,19-21H2,1-2H3. The lowest BCUT2D eigenvalue weighted by Crippen LogP contribution is -2.14. The Morgan fingerprint density at radius 1 is 0.814 bits per heavy atom. The maximum absolute atomic E-state index is 13.4. The highest BCUT2D eigenvalue weighted by molar-refractivity contribution is 5.88. The molecule has 0 spiro atoms. The normalized spacial score (nSPS) is 10.7. The Bertz CT molecular complexity index is 1760. The number of hydrogen-bond acceptors (Lipinski definition) is 9. The Hall–Kier alpha value is -5.44. The molecule has 0 saturated heterocycles. The first kappa shape index (κ1) is 29.1. The number of rotatable bonds is 12. The van der Waals surface area contributed by atoms with Crippen molar-refractivity contribution >= 4 is 16.9 Å². The van der Waals surface area contributed by atoms with Crippen molar-refractivity contribution in [1.82, 2.24) is 0 Å². The van der Waals surface area contributed by atoms with Crippen LogP contribution in [0.3, 0.4) is 0 Å². The van der Waals surface area contributed by atoms with Gasteiger partial charge in [0.15, 0.2) is 23.9 Å². The second-order valence-electron chi connectivity index (χ2n) is 9.41. The Balaban J connectivity index is 1.53. The summed E-state index contributed by atoms with van der Waals surface area (Å²) in [4.78, 5) is 25.2. The predicted molar refractivity (Wildman–Crippen MR) is 160 cm³/mol. The Morgan fingerprint density at radius 3 is 2.09 bits per heavy atom. The van der Waals surface area contributed by atoms with Gasteiger partial charge in [-0.05, 0) is 36.2 Å². The number of methoxy groups -OCH3 is 1. The van der Waals surface area contributed by atoms with Crippen molar-refractivity contribution in [1.29, 1.82) is 0 Å². The number of aromatic hydroxyl groups is 1. The highest BCUT2D eigenvalue weighted by Gasteiger charge is 2.22. The fourth-order valence-electron chi connectivity index (χ4n) is 4.41. The van der Waals surface area contributed by atoms with Gasteiger partial charge in [0, 0.05) is 17.7 Å². The summed E-state index contributed by atoms with van der Waals surface area (Å²) in [6.07, 6.45) is 0. The Morgan fingerprint density at radius 2 is 1.47 bits per heavy atom. The maximum Gasteiger partial charge on any atom is 0.344 e. The van der Waals surface area contributed by atoms with Crippen LogP contribution in [0, 0.1) is 0 Å². The average Bonchev–Trinajstić information content (AvgIpc) is 3.02. The second-order valence-corrected chi connectivity index (χ2v) is 9.41. The number of benzene rings is 4. The Labute approximate surface area is 247 Å². The number of phenolic OH excluding ortho intramolecular Hbond substituents is 1. The number of ether oxygens (including phenoxy) is 5. The molecule has 43 heavy (non-hydrogen) atoms. The molecule has 220 valence electrons. The van der Waals surface area contributed by atoms with Gasteiger partial charge in [-0.1, -0.05) is 60.7 Å². The molecule has 0 amide bonds. The summed E-state index contributed by atoms with van der Waals surface area (Å²) in [5, 5.41) is 10.6. The van der Waals surface area contributed by atoms with Gasteiger partial charge in [0.2, 0.25) is 11.2 Å². The number of carbonyl (C=O) groups is 1. The number of esters is 1. The van der Waals surface area contributed by atoms with Gasteiger partial charge in [-0.2, -0.15) is 0 Å². The van der Waals surface area contributed by atoms with E-state index in [0.29, 0.717) is 23.7 Å². The lowest BCUT2D eigenvalue weighted by molar-refractivity contribution is -0.145. The monoisotopic (exact) mass is 582 g/mol. The fraction of sp³-hybridized carbons (Fsp3) is 0.176. The van der Waals surface area contributed by atoms with Crippen LogP contribution >= 0.6 is 0 Å². The Kier molecular flexibility index (Phi) is 9.11. The molecule has 5 aromatic rings. The molecule has 4 aromatic carbocycles. The zero-order valence-corrected chi connectivity index (χ0v) is 23.7. The third kappa shape index (κ3) is 6.90. The molecule has 0 radical (unpaired) electrons. The van der Waals surface area contributed by atoms with Crippen LogP contribution in [-0.2, 0) is 22.7 Å². The highest BCUT2D eigenvalue weighted by Crippen LogP contribution is 2.39. The van der Waals surface area contributed by atoms with Gasteiger partial charge < -0.3 is 33.2 Å². The van der Waals surface area contributed by atoms with Gasteiger partial charge >= 0.3 is 5.97 Å². The summed E-state index contributed by atoms with van der Waals surface area (Å²) in [7, 11) is 1.35. The summed E-state index contributed by atoms with van der Waals surface area (Å²) < 4.78 is 34.2. The minimum Gasteiger partial charge on any atom is -0.507 e. The summed E-state index contributed by atoms with van der Waals surface area (Å²) in [6, 6.07) is 27.2. The second kappa shape index (κ2) is 13.5. The van der Waals surface area contributed by atoms with E-state index in [0.717, 1.165) is 11.1 Å². The molecule has 0 fully saturated rings. The molecule has 1 aromatic heterocycles. The molecule has 0 aliphatic rings. The van der Waals surface area contributed by atoms with Gasteiger partial charge in [0.1, 0.15) is 35.7 Å². The summed E-state index contributed by atoms with van der Waals surface area (Å²) in [5.41, 5.74) is 1.88. The minimum atomic E-state index is -0.579.